The fourth-order valence-corrected chi connectivity index (χ4v) is 3.24. The summed E-state index contributed by atoms with van der Waals surface area (Å²) in [6, 6.07) is 7.02. The SMILES string of the molecule is Cc1ccc(C(C(=O)NC(C)(C)C)N(CCC(C)C)C(=O)c2csnn2)cc1. The Labute approximate surface area is 171 Å². The number of carbonyl (C=O) groups is 2. The topological polar surface area (TPSA) is 75.2 Å². The molecule has 2 amide bonds. The van der Waals surface area contributed by atoms with E-state index in [9.17, 15) is 9.59 Å². The number of rotatable bonds is 7. The van der Waals surface area contributed by atoms with Crippen molar-refractivity contribution >= 4 is 23.3 Å². The molecule has 6 nitrogen and oxygen atoms in total. The van der Waals surface area contributed by atoms with E-state index in [-0.39, 0.29) is 17.5 Å². The van der Waals surface area contributed by atoms with Crippen molar-refractivity contribution in [3.05, 3.63) is 46.5 Å². The normalized spacial score (nSPS) is 12.7. The number of carbonyl (C=O) groups excluding carboxylic acids is 2. The van der Waals surface area contributed by atoms with Crippen LogP contribution in [0.5, 0.6) is 0 Å². The van der Waals surface area contributed by atoms with Gasteiger partial charge in [0.1, 0.15) is 6.04 Å². The molecule has 1 aromatic carbocycles. The second-order valence-corrected chi connectivity index (χ2v) is 9.13. The van der Waals surface area contributed by atoms with Crippen LogP contribution in [0.3, 0.4) is 0 Å². The van der Waals surface area contributed by atoms with Gasteiger partial charge in [-0.1, -0.05) is 48.2 Å². The molecule has 0 aliphatic carbocycles. The second-order valence-electron chi connectivity index (χ2n) is 8.52. The summed E-state index contributed by atoms with van der Waals surface area (Å²) in [5.74, 6) is -0.0751. The highest BCUT2D eigenvalue weighted by molar-refractivity contribution is 7.03. The van der Waals surface area contributed by atoms with Crippen LogP contribution in [0.25, 0.3) is 0 Å². The molecule has 152 valence electrons. The van der Waals surface area contributed by atoms with Crippen LogP contribution in [-0.2, 0) is 4.79 Å². The van der Waals surface area contributed by atoms with Crippen molar-refractivity contribution < 1.29 is 9.59 Å². The molecule has 2 aromatic rings. The van der Waals surface area contributed by atoms with E-state index in [1.165, 1.54) is 0 Å². The van der Waals surface area contributed by atoms with E-state index in [0.29, 0.717) is 12.5 Å². The third kappa shape index (κ3) is 6.12. The Morgan fingerprint density at radius 2 is 1.82 bits per heavy atom. The minimum absolute atomic E-state index is 0.198. The Morgan fingerprint density at radius 1 is 1.18 bits per heavy atom. The van der Waals surface area contributed by atoms with Crippen LogP contribution in [0.4, 0.5) is 0 Å². The maximum atomic E-state index is 13.3. The highest BCUT2D eigenvalue weighted by atomic mass is 32.1. The average molecular weight is 403 g/mol. The van der Waals surface area contributed by atoms with E-state index in [0.717, 1.165) is 29.1 Å². The number of aryl methyl sites for hydroxylation is 1. The first-order valence-corrected chi connectivity index (χ1v) is 10.4. The zero-order valence-electron chi connectivity index (χ0n) is 17.5. The fraction of sp³-hybridized carbons (Fsp3) is 0.524. The Hall–Kier alpha value is -2.28. The molecule has 0 bridgehead atoms. The Morgan fingerprint density at radius 3 is 2.32 bits per heavy atom. The Balaban J connectivity index is 2.47. The minimum Gasteiger partial charge on any atom is -0.349 e. The van der Waals surface area contributed by atoms with Crippen molar-refractivity contribution in [3.63, 3.8) is 0 Å². The second kappa shape index (κ2) is 9.28. The molecular formula is C21H30N4O2S. The van der Waals surface area contributed by atoms with Gasteiger partial charge in [-0.2, -0.15) is 0 Å². The molecular weight excluding hydrogens is 372 g/mol. The summed E-state index contributed by atoms with van der Waals surface area (Å²) in [5.41, 5.74) is 1.75. The molecule has 1 aromatic heterocycles. The summed E-state index contributed by atoms with van der Waals surface area (Å²) < 4.78 is 3.81. The van der Waals surface area contributed by atoms with Gasteiger partial charge in [0, 0.05) is 17.5 Å². The quantitative estimate of drug-likeness (QED) is 0.760. The smallest absolute Gasteiger partial charge is 0.276 e. The van der Waals surface area contributed by atoms with Crippen molar-refractivity contribution in [1.82, 2.24) is 19.8 Å². The average Bonchev–Trinajstić information content (AvgIpc) is 3.12. The zero-order valence-corrected chi connectivity index (χ0v) is 18.3. The van der Waals surface area contributed by atoms with Crippen LogP contribution in [-0.4, -0.2) is 38.4 Å². The number of amides is 2. The number of nitrogens with one attached hydrogen (secondary N) is 1. The molecule has 28 heavy (non-hydrogen) atoms. The minimum atomic E-state index is -0.729. The molecule has 1 atom stereocenters. The molecule has 0 aliphatic rings. The Bertz CT molecular complexity index is 780. The van der Waals surface area contributed by atoms with Crippen molar-refractivity contribution in [2.75, 3.05) is 6.54 Å². The van der Waals surface area contributed by atoms with Gasteiger partial charge in [-0.15, -0.1) is 5.10 Å². The predicted octanol–water partition coefficient (Wildman–Crippen LogP) is 3.99. The summed E-state index contributed by atoms with van der Waals surface area (Å²) in [5, 5.41) is 8.59. The van der Waals surface area contributed by atoms with Gasteiger partial charge < -0.3 is 10.2 Å². The standard InChI is InChI=1S/C21H30N4O2S/c1-14(2)11-12-25(20(27)17-13-28-24-23-17)18(19(26)22-21(4,5)6)16-9-7-15(3)8-10-16/h7-10,13-14,18H,11-12H2,1-6H3,(H,22,26). The molecule has 1 N–H and O–H groups in total. The third-order valence-electron chi connectivity index (χ3n) is 4.24. The van der Waals surface area contributed by atoms with Gasteiger partial charge >= 0.3 is 0 Å². The molecule has 7 heteroatoms. The first kappa shape index (κ1) is 22.0. The number of benzene rings is 1. The molecule has 1 unspecified atom stereocenters. The van der Waals surface area contributed by atoms with Gasteiger partial charge in [0.15, 0.2) is 5.69 Å². The first-order valence-electron chi connectivity index (χ1n) is 9.55. The van der Waals surface area contributed by atoms with Gasteiger partial charge in [-0.25, -0.2) is 0 Å². The highest BCUT2D eigenvalue weighted by Crippen LogP contribution is 2.26. The van der Waals surface area contributed by atoms with Gasteiger partial charge in [0.25, 0.3) is 5.91 Å². The monoisotopic (exact) mass is 402 g/mol. The first-order chi connectivity index (χ1) is 13.1. The molecule has 0 saturated heterocycles. The van der Waals surface area contributed by atoms with E-state index in [4.69, 9.17) is 0 Å². The van der Waals surface area contributed by atoms with Crippen molar-refractivity contribution in [2.45, 2.75) is 59.5 Å². The molecule has 0 aliphatic heterocycles. The molecule has 1 heterocycles. The molecule has 0 fully saturated rings. The zero-order chi connectivity index (χ0) is 20.9. The highest BCUT2D eigenvalue weighted by Gasteiger charge is 2.34. The van der Waals surface area contributed by atoms with Crippen LogP contribution in [0.2, 0.25) is 0 Å². The lowest BCUT2D eigenvalue weighted by Crippen LogP contribution is -2.49. The number of hydrogen-bond donors (Lipinski definition) is 1. The Kier molecular flexibility index (Phi) is 7.29. The van der Waals surface area contributed by atoms with E-state index < -0.39 is 11.6 Å². The van der Waals surface area contributed by atoms with Crippen LogP contribution in [0, 0.1) is 12.8 Å². The lowest BCUT2D eigenvalue weighted by atomic mass is 9.99. The summed E-state index contributed by atoms with van der Waals surface area (Å²) >= 11 is 1.13. The molecule has 0 spiro atoms. The maximum Gasteiger partial charge on any atom is 0.276 e. The van der Waals surface area contributed by atoms with Crippen LogP contribution in [0.1, 0.15) is 68.7 Å². The molecule has 0 saturated carbocycles. The number of hydrogen-bond acceptors (Lipinski definition) is 5. The summed E-state index contributed by atoms with van der Waals surface area (Å²) in [6.07, 6.45) is 0.786. The van der Waals surface area contributed by atoms with Crippen molar-refractivity contribution in [2.24, 2.45) is 5.92 Å². The van der Waals surface area contributed by atoms with Crippen molar-refractivity contribution in [3.8, 4) is 0 Å². The number of aromatic nitrogens is 2. The van der Waals surface area contributed by atoms with Crippen molar-refractivity contribution in [1.29, 1.82) is 0 Å². The van der Waals surface area contributed by atoms with E-state index >= 15 is 0 Å². The lowest BCUT2D eigenvalue weighted by Gasteiger charge is -2.33. The third-order valence-corrected chi connectivity index (χ3v) is 4.74. The van der Waals surface area contributed by atoms with E-state index in [1.54, 1.807) is 10.3 Å². The summed E-state index contributed by atoms with van der Waals surface area (Å²) in [6.45, 7) is 12.5. The van der Waals surface area contributed by atoms with Crippen LogP contribution < -0.4 is 5.32 Å². The lowest BCUT2D eigenvalue weighted by molar-refractivity contribution is -0.127. The van der Waals surface area contributed by atoms with Gasteiger partial charge in [0.2, 0.25) is 5.91 Å². The van der Waals surface area contributed by atoms with Crippen LogP contribution >= 0.6 is 11.5 Å². The van der Waals surface area contributed by atoms with E-state index in [1.807, 2.05) is 52.0 Å². The van der Waals surface area contributed by atoms with Gasteiger partial charge in [0.05, 0.1) is 0 Å². The summed E-state index contributed by atoms with van der Waals surface area (Å²) in [7, 11) is 0. The summed E-state index contributed by atoms with van der Waals surface area (Å²) in [4.78, 5) is 28.1. The van der Waals surface area contributed by atoms with E-state index in [2.05, 4.69) is 28.8 Å². The fourth-order valence-electron chi connectivity index (χ4n) is 2.81. The largest absolute Gasteiger partial charge is 0.349 e. The maximum absolute atomic E-state index is 13.3. The van der Waals surface area contributed by atoms with Crippen LogP contribution in [0.15, 0.2) is 29.6 Å². The predicted molar refractivity (Wildman–Crippen MR) is 112 cm³/mol. The molecule has 0 radical (unpaired) electrons. The van der Waals surface area contributed by atoms with Gasteiger partial charge in [-0.05, 0) is 57.1 Å². The molecule has 2 rings (SSSR count). The van der Waals surface area contributed by atoms with Gasteiger partial charge in [-0.3, -0.25) is 9.59 Å². The number of nitrogens with zero attached hydrogens (tertiary/aromatic N) is 3.